The van der Waals surface area contributed by atoms with E-state index in [2.05, 4.69) is 9.72 Å². The van der Waals surface area contributed by atoms with Gasteiger partial charge in [-0.1, -0.05) is 0 Å². The van der Waals surface area contributed by atoms with Crippen molar-refractivity contribution in [3.63, 3.8) is 0 Å². The highest BCUT2D eigenvalue weighted by Gasteiger charge is 2.05. The minimum atomic E-state index is -0.424. The topological polar surface area (TPSA) is 61.6 Å². The molecule has 0 fully saturated rings. The van der Waals surface area contributed by atoms with Crippen LogP contribution in [0.4, 0.5) is 0 Å². The van der Waals surface area contributed by atoms with E-state index in [1.54, 1.807) is 0 Å². The van der Waals surface area contributed by atoms with Gasteiger partial charge in [-0.2, -0.15) is 4.98 Å². The Labute approximate surface area is 69.3 Å². The lowest BCUT2D eigenvalue weighted by molar-refractivity contribution is -0.132. The molecular formula is C7H9NO4. The normalized spacial score (nSPS) is 9.83. The van der Waals surface area contributed by atoms with Gasteiger partial charge in [-0.3, -0.25) is 4.79 Å². The van der Waals surface area contributed by atoms with Gasteiger partial charge in [0, 0.05) is 14.0 Å². The van der Waals surface area contributed by atoms with Gasteiger partial charge in [0.25, 0.3) is 5.88 Å². The third-order valence-corrected chi connectivity index (χ3v) is 1.05. The van der Waals surface area contributed by atoms with Gasteiger partial charge in [0.2, 0.25) is 5.89 Å². The van der Waals surface area contributed by atoms with Crippen molar-refractivity contribution < 1.29 is 18.7 Å². The predicted molar refractivity (Wildman–Crippen MR) is 38.5 cm³/mol. The minimum absolute atomic E-state index is 0.162. The molecule has 0 amide bonds. The van der Waals surface area contributed by atoms with Gasteiger partial charge in [0.05, 0.1) is 0 Å². The summed E-state index contributed by atoms with van der Waals surface area (Å²) in [4.78, 5) is 14.3. The van der Waals surface area contributed by atoms with Crippen molar-refractivity contribution in [2.45, 2.75) is 13.5 Å². The number of hydrogen-bond acceptors (Lipinski definition) is 5. The summed E-state index contributed by atoms with van der Waals surface area (Å²) in [7, 11) is 1.52. The first-order valence-electron chi connectivity index (χ1n) is 3.34. The van der Waals surface area contributed by atoms with E-state index in [-0.39, 0.29) is 12.5 Å². The van der Waals surface area contributed by atoms with Crippen LogP contribution in [0.2, 0.25) is 0 Å². The molecule has 0 spiro atoms. The largest absolute Gasteiger partial charge is 0.442 e. The predicted octanol–water partition coefficient (Wildman–Crippen LogP) is 0.746. The molecule has 0 aromatic carbocycles. The van der Waals surface area contributed by atoms with Crippen LogP contribution in [0.3, 0.4) is 0 Å². The summed E-state index contributed by atoms with van der Waals surface area (Å²) in [5.74, 6) is 0.121. The Hall–Kier alpha value is -1.36. The number of rotatable bonds is 3. The molecule has 0 atom stereocenters. The molecule has 5 nitrogen and oxygen atoms in total. The summed E-state index contributed by atoms with van der Waals surface area (Å²) in [6.07, 6.45) is 1.26. The van der Waals surface area contributed by atoms with Crippen molar-refractivity contribution >= 4 is 5.97 Å². The summed E-state index contributed by atoms with van der Waals surface area (Å²) in [6.45, 7) is 1.56. The fourth-order valence-corrected chi connectivity index (χ4v) is 0.678. The molecule has 1 aromatic heterocycles. The Kier molecular flexibility index (Phi) is 2.82. The van der Waals surface area contributed by atoms with E-state index in [4.69, 9.17) is 9.15 Å². The molecule has 1 heterocycles. The molecule has 5 heteroatoms. The molecule has 0 aliphatic rings. The zero-order chi connectivity index (χ0) is 8.97. The number of nitrogens with zero attached hydrogens (tertiary/aromatic N) is 1. The fraction of sp³-hybridized carbons (Fsp3) is 0.429. The van der Waals surface area contributed by atoms with Gasteiger partial charge in [-0.05, 0) is 0 Å². The Bertz CT molecular complexity index is 268. The van der Waals surface area contributed by atoms with Crippen LogP contribution >= 0.6 is 0 Å². The van der Waals surface area contributed by atoms with Crippen LogP contribution < -0.4 is 4.74 Å². The van der Waals surface area contributed by atoms with Crippen molar-refractivity contribution in [3.8, 4) is 5.88 Å². The lowest BCUT2D eigenvalue weighted by atomic mass is 10.7. The monoisotopic (exact) mass is 171 g/mol. The van der Waals surface area contributed by atoms with E-state index in [0.717, 1.165) is 0 Å². The van der Waals surface area contributed by atoms with Crippen molar-refractivity contribution in [3.05, 3.63) is 12.2 Å². The molecule has 0 aliphatic carbocycles. The van der Waals surface area contributed by atoms with Crippen molar-refractivity contribution in [1.29, 1.82) is 0 Å². The smallest absolute Gasteiger partial charge is 0.309 e. The van der Waals surface area contributed by atoms with E-state index in [0.29, 0.717) is 5.89 Å². The summed E-state index contributed by atoms with van der Waals surface area (Å²) >= 11 is 0. The van der Waals surface area contributed by atoms with Gasteiger partial charge in [-0.25, -0.2) is 0 Å². The highest BCUT2D eigenvalue weighted by atomic mass is 16.6. The maximum atomic E-state index is 10.4. The van der Waals surface area contributed by atoms with Crippen molar-refractivity contribution in [2.24, 2.45) is 0 Å². The molecule has 66 valence electrons. The van der Waals surface area contributed by atoms with Gasteiger partial charge in [0.15, 0.2) is 6.26 Å². The molecule has 12 heavy (non-hydrogen) atoms. The maximum absolute atomic E-state index is 10.4. The number of hydrogen-bond donors (Lipinski definition) is 0. The zero-order valence-electron chi connectivity index (χ0n) is 6.86. The van der Waals surface area contributed by atoms with Gasteiger partial charge < -0.3 is 13.9 Å². The van der Waals surface area contributed by atoms with Gasteiger partial charge in [-0.15, -0.1) is 0 Å². The molecule has 0 saturated heterocycles. The minimum Gasteiger partial charge on any atom is -0.442 e. The third kappa shape index (κ3) is 2.35. The number of aromatic nitrogens is 1. The molecule has 0 aliphatic heterocycles. The number of carbonyl (C=O) groups is 1. The fourth-order valence-electron chi connectivity index (χ4n) is 0.678. The highest BCUT2D eigenvalue weighted by molar-refractivity contribution is 5.68. The Morgan fingerprint density at radius 2 is 2.50 bits per heavy atom. The second kappa shape index (κ2) is 3.87. The van der Waals surface area contributed by atoms with Crippen LogP contribution in [0.5, 0.6) is 5.88 Å². The van der Waals surface area contributed by atoms with E-state index < -0.39 is 5.97 Å². The lowest BCUT2D eigenvalue weighted by Gasteiger charge is -1.91. The summed E-state index contributed by atoms with van der Waals surface area (Å²) < 4.78 is 14.3. The average molecular weight is 171 g/mol. The first kappa shape index (κ1) is 8.73. The van der Waals surface area contributed by atoms with E-state index in [9.17, 15) is 4.79 Å². The standard InChI is InChI=1S/C7H9NO4/c1-5(9)12-7-4-11-6(8-7)3-10-2/h4H,3H2,1-2H3. The van der Waals surface area contributed by atoms with Crippen LogP contribution in [0.15, 0.2) is 10.7 Å². The summed E-state index contributed by atoms with van der Waals surface area (Å²) in [5, 5.41) is 0. The number of ether oxygens (including phenoxy) is 2. The Morgan fingerprint density at radius 3 is 3.08 bits per heavy atom. The zero-order valence-corrected chi connectivity index (χ0v) is 6.86. The number of oxazole rings is 1. The van der Waals surface area contributed by atoms with Crippen LogP contribution in [-0.4, -0.2) is 18.1 Å². The molecular weight excluding hydrogens is 162 g/mol. The number of esters is 1. The maximum Gasteiger partial charge on any atom is 0.309 e. The van der Waals surface area contributed by atoms with E-state index in [1.165, 1.54) is 20.3 Å². The van der Waals surface area contributed by atoms with Crippen molar-refractivity contribution in [1.82, 2.24) is 4.98 Å². The molecule has 0 radical (unpaired) electrons. The average Bonchev–Trinajstić information content (AvgIpc) is 2.36. The first-order chi connectivity index (χ1) is 5.72. The Balaban J connectivity index is 2.58. The molecule has 0 saturated carbocycles. The second-order valence-electron chi connectivity index (χ2n) is 2.11. The second-order valence-corrected chi connectivity index (χ2v) is 2.11. The molecule has 0 N–H and O–H groups in total. The number of methoxy groups -OCH3 is 1. The van der Waals surface area contributed by atoms with Gasteiger partial charge in [0.1, 0.15) is 6.61 Å². The lowest BCUT2D eigenvalue weighted by Crippen LogP contribution is -2.01. The molecule has 0 unspecified atom stereocenters. The van der Waals surface area contributed by atoms with Crippen LogP contribution in [0.1, 0.15) is 12.8 Å². The van der Waals surface area contributed by atoms with Crippen molar-refractivity contribution in [2.75, 3.05) is 7.11 Å². The Morgan fingerprint density at radius 1 is 1.75 bits per heavy atom. The molecule has 0 bridgehead atoms. The quantitative estimate of drug-likeness (QED) is 0.628. The van der Waals surface area contributed by atoms with Crippen LogP contribution in [0.25, 0.3) is 0 Å². The SMILES string of the molecule is COCc1nc(OC(C)=O)co1. The first-order valence-corrected chi connectivity index (χ1v) is 3.34. The number of carbonyl (C=O) groups excluding carboxylic acids is 1. The summed E-state index contributed by atoms with van der Waals surface area (Å²) in [6, 6.07) is 0. The van der Waals surface area contributed by atoms with E-state index >= 15 is 0 Å². The highest BCUT2D eigenvalue weighted by Crippen LogP contribution is 2.10. The van der Waals surface area contributed by atoms with E-state index in [1.807, 2.05) is 0 Å². The third-order valence-electron chi connectivity index (χ3n) is 1.05. The van der Waals surface area contributed by atoms with Crippen LogP contribution in [0, 0.1) is 0 Å². The molecule has 1 rings (SSSR count). The van der Waals surface area contributed by atoms with Crippen LogP contribution in [-0.2, 0) is 16.1 Å². The molecule has 1 aromatic rings. The summed E-state index contributed by atoms with van der Waals surface area (Å²) in [5.41, 5.74) is 0. The van der Waals surface area contributed by atoms with Gasteiger partial charge >= 0.3 is 5.97 Å².